The summed E-state index contributed by atoms with van der Waals surface area (Å²) in [5.41, 5.74) is 0.245. The van der Waals surface area contributed by atoms with Gasteiger partial charge < -0.3 is 14.8 Å². The molecule has 5 heterocycles. The van der Waals surface area contributed by atoms with Gasteiger partial charge in [-0.2, -0.15) is 0 Å². The van der Waals surface area contributed by atoms with E-state index in [0.717, 1.165) is 17.7 Å². The van der Waals surface area contributed by atoms with Crippen LogP contribution in [0.3, 0.4) is 0 Å². The summed E-state index contributed by atoms with van der Waals surface area (Å²) >= 11 is 0. The Morgan fingerprint density at radius 3 is 2.46 bits per heavy atom. The van der Waals surface area contributed by atoms with E-state index in [1.165, 1.54) is 35.8 Å². The first-order valence-electron chi connectivity index (χ1n) is 10.9. The van der Waals surface area contributed by atoms with Gasteiger partial charge in [-0.05, 0) is 11.5 Å². The molecule has 1 N–H and O–H groups in total. The van der Waals surface area contributed by atoms with Gasteiger partial charge in [-0.25, -0.2) is 29.7 Å². The van der Waals surface area contributed by atoms with Gasteiger partial charge in [0.05, 0.1) is 11.9 Å². The maximum absolute atomic E-state index is 12.7. The van der Waals surface area contributed by atoms with Crippen molar-refractivity contribution in [1.29, 1.82) is 0 Å². The molecule has 0 spiro atoms. The quantitative estimate of drug-likeness (QED) is 0.426. The minimum Gasteiger partial charge on any atom is -0.340 e. The van der Waals surface area contributed by atoms with Crippen molar-refractivity contribution >= 4 is 28.8 Å². The van der Waals surface area contributed by atoms with Gasteiger partial charge in [-0.3, -0.25) is 18.7 Å². The third-order valence-corrected chi connectivity index (χ3v) is 5.87. The first-order chi connectivity index (χ1) is 16.6. The lowest BCUT2D eigenvalue weighted by atomic mass is 9.85. The number of nitrogens with zero attached hydrogens (tertiary/aromatic N) is 9. The second-order valence-electron chi connectivity index (χ2n) is 9.36. The number of carbonyl (C=O) groups excluding carboxylic acids is 1. The van der Waals surface area contributed by atoms with Crippen LogP contribution in [-0.4, -0.2) is 57.6 Å². The van der Waals surface area contributed by atoms with Crippen LogP contribution >= 0.6 is 0 Å². The van der Waals surface area contributed by atoms with Crippen LogP contribution in [0.5, 0.6) is 0 Å². The summed E-state index contributed by atoms with van der Waals surface area (Å²) in [7, 11) is 2.90. The highest BCUT2D eigenvalue weighted by Crippen LogP contribution is 2.31. The molecule has 0 aliphatic carbocycles. The van der Waals surface area contributed by atoms with E-state index in [1.54, 1.807) is 18.5 Å². The first kappa shape index (κ1) is 22.4. The Balaban J connectivity index is 1.32. The molecule has 0 radical (unpaired) electrons. The molecule has 0 atom stereocenters. The monoisotopic (exact) mass is 476 g/mol. The van der Waals surface area contributed by atoms with Crippen LogP contribution in [0.15, 0.2) is 40.6 Å². The number of aromatic nitrogens is 8. The van der Waals surface area contributed by atoms with Crippen molar-refractivity contribution in [2.24, 2.45) is 19.5 Å². The minimum atomic E-state index is -0.525. The van der Waals surface area contributed by atoms with E-state index in [-0.39, 0.29) is 23.1 Å². The van der Waals surface area contributed by atoms with E-state index < -0.39 is 17.2 Å². The van der Waals surface area contributed by atoms with Crippen LogP contribution in [0.1, 0.15) is 13.8 Å². The highest BCUT2D eigenvalue weighted by Gasteiger charge is 2.35. The fourth-order valence-electron chi connectivity index (χ4n) is 4.15. The van der Waals surface area contributed by atoms with Gasteiger partial charge in [-0.15, -0.1) is 0 Å². The van der Waals surface area contributed by atoms with Crippen molar-refractivity contribution in [1.82, 2.24) is 38.6 Å². The highest BCUT2D eigenvalue weighted by molar-refractivity contribution is 5.90. The molecule has 0 unspecified atom stereocenters. The maximum Gasteiger partial charge on any atom is 0.332 e. The normalized spacial score (nSPS) is 14.7. The third-order valence-electron chi connectivity index (χ3n) is 5.87. The Labute approximate surface area is 199 Å². The number of hydrogen-bond donors (Lipinski definition) is 1. The molecular weight excluding hydrogens is 452 g/mol. The van der Waals surface area contributed by atoms with Crippen molar-refractivity contribution < 1.29 is 4.79 Å². The molecule has 13 heteroatoms. The molecule has 35 heavy (non-hydrogen) atoms. The molecule has 0 bridgehead atoms. The van der Waals surface area contributed by atoms with E-state index in [2.05, 4.69) is 49.0 Å². The fourth-order valence-corrected chi connectivity index (χ4v) is 4.15. The van der Waals surface area contributed by atoms with Gasteiger partial charge in [0, 0.05) is 45.8 Å². The van der Waals surface area contributed by atoms with Crippen LogP contribution in [0, 0.1) is 5.41 Å². The molecular formula is C22H24N10O3. The van der Waals surface area contributed by atoms with Crippen molar-refractivity contribution in [2.45, 2.75) is 20.4 Å². The smallest absolute Gasteiger partial charge is 0.332 e. The Hall–Kier alpha value is -4.42. The zero-order chi connectivity index (χ0) is 24.9. The number of anilines is 2. The van der Waals surface area contributed by atoms with Crippen LogP contribution < -0.4 is 21.5 Å². The zero-order valence-electron chi connectivity index (χ0n) is 19.8. The minimum absolute atomic E-state index is 0.163. The summed E-state index contributed by atoms with van der Waals surface area (Å²) in [5.74, 6) is 0.902. The van der Waals surface area contributed by atoms with Gasteiger partial charge in [0.1, 0.15) is 12.4 Å². The van der Waals surface area contributed by atoms with Gasteiger partial charge in [-0.1, -0.05) is 13.8 Å². The number of nitrogens with one attached hydrogen (secondary N) is 1. The van der Waals surface area contributed by atoms with Gasteiger partial charge in [0.25, 0.3) is 5.56 Å². The summed E-state index contributed by atoms with van der Waals surface area (Å²) in [5, 5.41) is 2.71. The average Bonchev–Trinajstić information content (AvgIpc) is 3.23. The SMILES string of the molecule is Cn1c(=O)c2c(ncn2CC(=O)Nc2ccnc(-c3cnc(N4CC(C)(C)C4)nc3)n2)n(C)c1=O. The lowest BCUT2D eigenvalue weighted by Gasteiger charge is -2.45. The lowest BCUT2D eigenvalue weighted by Crippen LogP contribution is -2.53. The highest BCUT2D eigenvalue weighted by atomic mass is 16.2. The molecule has 1 saturated heterocycles. The summed E-state index contributed by atoms with van der Waals surface area (Å²) in [4.78, 5) is 61.1. The molecule has 4 aromatic heterocycles. The predicted molar refractivity (Wildman–Crippen MR) is 128 cm³/mol. The largest absolute Gasteiger partial charge is 0.340 e. The van der Waals surface area contributed by atoms with Gasteiger partial charge in [0.2, 0.25) is 11.9 Å². The molecule has 1 amide bonds. The van der Waals surface area contributed by atoms with Crippen LogP contribution in [0.4, 0.5) is 11.8 Å². The van der Waals surface area contributed by atoms with E-state index in [0.29, 0.717) is 23.2 Å². The van der Waals surface area contributed by atoms with Crippen molar-refractivity contribution in [3.8, 4) is 11.4 Å². The molecule has 5 rings (SSSR count). The second-order valence-corrected chi connectivity index (χ2v) is 9.36. The third kappa shape index (κ3) is 4.05. The van der Waals surface area contributed by atoms with Crippen LogP contribution in [0.2, 0.25) is 0 Å². The molecule has 180 valence electrons. The van der Waals surface area contributed by atoms with E-state index in [1.807, 2.05) is 0 Å². The molecule has 1 aliphatic heterocycles. The molecule has 1 fully saturated rings. The summed E-state index contributed by atoms with van der Waals surface area (Å²) in [6, 6.07) is 1.56. The fraction of sp³-hybridized carbons (Fsp3) is 0.364. The van der Waals surface area contributed by atoms with Crippen LogP contribution in [0.25, 0.3) is 22.6 Å². The van der Waals surface area contributed by atoms with Crippen LogP contribution in [-0.2, 0) is 25.4 Å². The molecule has 1 aliphatic rings. The number of fused-ring (bicyclic) bond motifs is 1. The zero-order valence-corrected chi connectivity index (χ0v) is 19.8. The number of aryl methyl sites for hydroxylation is 1. The number of carbonyl (C=O) groups is 1. The predicted octanol–water partition coefficient (Wildman–Crippen LogP) is 0.166. The Kier molecular flexibility index (Phi) is 5.19. The number of rotatable bonds is 5. The molecule has 0 saturated carbocycles. The van der Waals surface area contributed by atoms with Gasteiger partial charge >= 0.3 is 5.69 Å². The second kappa shape index (κ2) is 8.11. The lowest BCUT2D eigenvalue weighted by molar-refractivity contribution is -0.116. The van der Waals surface area contributed by atoms with Gasteiger partial charge in [0.15, 0.2) is 17.0 Å². The van der Waals surface area contributed by atoms with E-state index in [9.17, 15) is 14.4 Å². The first-order valence-corrected chi connectivity index (χ1v) is 10.9. The molecule has 0 aromatic carbocycles. The Bertz CT molecular complexity index is 1560. The van der Waals surface area contributed by atoms with Crippen molar-refractivity contribution in [2.75, 3.05) is 23.3 Å². The van der Waals surface area contributed by atoms with Crippen molar-refractivity contribution in [3.05, 3.63) is 51.8 Å². The number of amides is 1. The molecule has 4 aromatic rings. The topological polar surface area (TPSA) is 146 Å². The van der Waals surface area contributed by atoms with E-state index >= 15 is 0 Å². The summed E-state index contributed by atoms with van der Waals surface area (Å²) in [6.45, 7) is 6.01. The number of hydrogen-bond acceptors (Lipinski definition) is 9. The molecule has 13 nitrogen and oxygen atoms in total. The average molecular weight is 477 g/mol. The Morgan fingerprint density at radius 2 is 1.77 bits per heavy atom. The standard InChI is InChI=1S/C22H24N10O3/c1-22(2)10-32(11-22)20-24-7-13(8-25-20)17-23-6-5-14(28-17)27-15(33)9-31-12-26-18-16(31)19(34)30(4)21(35)29(18)3/h5-8,12H,9-11H2,1-4H3,(H,23,27,28,33). The van der Waals surface area contributed by atoms with Crippen molar-refractivity contribution in [3.63, 3.8) is 0 Å². The summed E-state index contributed by atoms with van der Waals surface area (Å²) < 4.78 is 3.64. The number of imidazole rings is 1. The van der Waals surface area contributed by atoms with E-state index in [4.69, 9.17) is 0 Å². The summed E-state index contributed by atoms with van der Waals surface area (Å²) in [6.07, 6.45) is 6.20. The Morgan fingerprint density at radius 1 is 1.06 bits per heavy atom. The maximum atomic E-state index is 12.7.